The predicted molar refractivity (Wildman–Crippen MR) is 116 cm³/mol. The quantitative estimate of drug-likeness (QED) is 0.578. The molecular formula is C24H25ClN2O. The number of nitrogens with one attached hydrogen (secondary N) is 1. The number of pyridine rings is 1. The van der Waals surface area contributed by atoms with Gasteiger partial charge in [-0.1, -0.05) is 61.7 Å². The molecule has 0 spiro atoms. The minimum atomic E-state index is -0.00173. The van der Waals surface area contributed by atoms with Crippen LogP contribution in [0.1, 0.15) is 48.5 Å². The lowest BCUT2D eigenvalue weighted by atomic mass is 9.85. The van der Waals surface area contributed by atoms with Crippen molar-refractivity contribution in [3.63, 3.8) is 0 Å². The lowest BCUT2D eigenvalue weighted by Gasteiger charge is -2.30. The summed E-state index contributed by atoms with van der Waals surface area (Å²) in [5.74, 6) is 0.511. The molecule has 1 N–H and O–H groups in total. The van der Waals surface area contributed by atoms with E-state index in [0.717, 1.165) is 39.7 Å². The summed E-state index contributed by atoms with van der Waals surface area (Å²) in [6, 6.07) is 15.7. The summed E-state index contributed by atoms with van der Waals surface area (Å²) in [5.41, 5.74) is 4.17. The fourth-order valence-electron chi connectivity index (χ4n) is 4.29. The van der Waals surface area contributed by atoms with E-state index >= 15 is 0 Å². The molecule has 4 rings (SSSR count). The largest absolute Gasteiger partial charge is 0.349 e. The first kappa shape index (κ1) is 18.9. The third-order valence-electron chi connectivity index (χ3n) is 5.89. The molecule has 0 aliphatic heterocycles. The topological polar surface area (TPSA) is 42.0 Å². The van der Waals surface area contributed by atoms with Crippen LogP contribution in [0.25, 0.3) is 22.2 Å². The molecule has 1 aliphatic carbocycles. The van der Waals surface area contributed by atoms with E-state index in [9.17, 15) is 4.79 Å². The number of amides is 1. The number of benzene rings is 2. The van der Waals surface area contributed by atoms with E-state index in [1.807, 2.05) is 55.5 Å². The van der Waals surface area contributed by atoms with E-state index in [-0.39, 0.29) is 11.9 Å². The van der Waals surface area contributed by atoms with Crippen LogP contribution in [-0.4, -0.2) is 16.9 Å². The molecule has 1 aromatic heterocycles. The summed E-state index contributed by atoms with van der Waals surface area (Å²) in [7, 11) is 0. The van der Waals surface area contributed by atoms with Crippen molar-refractivity contribution >= 4 is 28.4 Å². The van der Waals surface area contributed by atoms with E-state index in [1.54, 1.807) is 0 Å². The summed E-state index contributed by atoms with van der Waals surface area (Å²) in [4.78, 5) is 18.2. The second-order valence-electron chi connectivity index (χ2n) is 7.83. The fraction of sp³-hybridized carbons (Fsp3) is 0.333. The Hall–Kier alpha value is -2.39. The molecule has 2 atom stereocenters. The number of hydrogen-bond acceptors (Lipinski definition) is 2. The lowest BCUT2D eigenvalue weighted by molar-refractivity contribution is 0.0911. The van der Waals surface area contributed by atoms with Crippen molar-refractivity contribution in [3.8, 4) is 11.3 Å². The van der Waals surface area contributed by atoms with E-state index in [1.165, 1.54) is 19.3 Å². The van der Waals surface area contributed by atoms with E-state index in [2.05, 4.69) is 12.2 Å². The van der Waals surface area contributed by atoms with Crippen molar-refractivity contribution in [1.29, 1.82) is 0 Å². The Morgan fingerprint density at radius 2 is 1.89 bits per heavy atom. The van der Waals surface area contributed by atoms with Crippen molar-refractivity contribution in [1.82, 2.24) is 10.3 Å². The second kappa shape index (κ2) is 7.92. The zero-order valence-electron chi connectivity index (χ0n) is 16.3. The molecule has 2 aromatic carbocycles. The van der Waals surface area contributed by atoms with Crippen molar-refractivity contribution < 1.29 is 4.79 Å². The maximum absolute atomic E-state index is 13.4. The van der Waals surface area contributed by atoms with E-state index < -0.39 is 0 Å². The third kappa shape index (κ3) is 3.64. The molecule has 0 unspecified atom stereocenters. The molecule has 4 heteroatoms. The van der Waals surface area contributed by atoms with Gasteiger partial charge in [-0.05, 0) is 49.4 Å². The van der Waals surface area contributed by atoms with Gasteiger partial charge in [0.1, 0.15) is 0 Å². The molecule has 28 heavy (non-hydrogen) atoms. The Bertz CT molecular complexity index is 1030. The molecule has 1 amide bonds. The Kier molecular flexibility index (Phi) is 5.36. The Morgan fingerprint density at radius 3 is 2.68 bits per heavy atom. The van der Waals surface area contributed by atoms with Gasteiger partial charge in [-0.2, -0.15) is 0 Å². The van der Waals surface area contributed by atoms with Crippen LogP contribution in [-0.2, 0) is 0 Å². The average molecular weight is 393 g/mol. The average Bonchev–Trinajstić information content (AvgIpc) is 2.69. The highest BCUT2D eigenvalue weighted by Gasteiger charge is 2.26. The van der Waals surface area contributed by atoms with Gasteiger partial charge in [0.25, 0.3) is 5.91 Å². The molecule has 3 aromatic rings. The van der Waals surface area contributed by atoms with Gasteiger partial charge in [0.15, 0.2) is 0 Å². The highest BCUT2D eigenvalue weighted by molar-refractivity contribution is 6.30. The highest BCUT2D eigenvalue weighted by Crippen LogP contribution is 2.31. The molecule has 144 valence electrons. The summed E-state index contributed by atoms with van der Waals surface area (Å²) in [6.45, 7) is 4.22. The normalized spacial score (nSPS) is 19.5. The molecule has 1 heterocycles. The molecule has 0 saturated heterocycles. The van der Waals surface area contributed by atoms with Crippen LogP contribution in [0.4, 0.5) is 0 Å². The zero-order chi connectivity index (χ0) is 19.7. The summed E-state index contributed by atoms with van der Waals surface area (Å²) < 4.78 is 0. The number of rotatable bonds is 3. The Balaban J connectivity index is 1.82. The van der Waals surface area contributed by atoms with Gasteiger partial charge >= 0.3 is 0 Å². The second-order valence-corrected chi connectivity index (χ2v) is 8.27. The van der Waals surface area contributed by atoms with Crippen LogP contribution in [0.5, 0.6) is 0 Å². The molecular weight excluding hydrogens is 368 g/mol. The zero-order valence-corrected chi connectivity index (χ0v) is 17.1. The standard InChI is InChI=1S/C24H25ClN2O/c1-15-8-3-5-12-20(15)27-24(28)22-16(2)23(17-9-7-10-18(25)14-17)26-21-13-6-4-11-19(21)22/h4,6-7,9-11,13-15,20H,3,5,8,12H2,1-2H3,(H,27,28)/t15-,20-/m0/s1. The van der Waals surface area contributed by atoms with Crippen LogP contribution in [0, 0.1) is 12.8 Å². The molecule has 0 bridgehead atoms. The summed E-state index contributed by atoms with van der Waals surface area (Å²) >= 11 is 6.21. The van der Waals surface area contributed by atoms with Crippen LogP contribution in [0.3, 0.4) is 0 Å². The van der Waals surface area contributed by atoms with Gasteiger partial charge in [0.05, 0.1) is 16.8 Å². The van der Waals surface area contributed by atoms with Gasteiger partial charge < -0.3 is 5.32 Å². The maximum atomic E-state index is 13.4. The number of para-hydroxylation sites is 1. The summed E-state index contributed by atoms with van der Waals surface area (Å²) in [5, 5.41) is 4.87. The van der Waals surface area contributed by atoms with Crippen LogP contribution in [0.15, 0.2) is 48.5 Å². The SMILES string of the molecule is Cc1c(-c2cccc(Cl)c2)nc2ccccc2c1C(=O)N[C@H]1CCCC[C@@H]1C. The van der Waals surface area contributed by atoms with Gasteiger partial charge in [-0.3, -0.25) is 4.79 Å². The van der Waals surface area contributed by atoms with Crippen LogP contribution in [0.2, 0.25) is 5.02 Å². The first-order chi connectivity index (χ1) is 13.5. The lowest BCUT2D eigenvalue weighted by Crippen LogP contribution is -2.41. The molecule has 3 nitrogen and oxygen atoms in total. The van der Waals surface area contributed by atoms with Crippen LogP contribution < -0.4 is 5.32 Å². The number of hydrogen-bond donors (Lipinski definition) is 1. The number of fused-ring (bicyclic) bond motifs is 1. The van der Waals surface area contributed by atoms with E-state index in [4.69, 9.17) is 16.6 Å². The number of carbonyl (C=O) groups excluding carboxylic acids is 1. The van der Waals surface area contributed by atoms with Crippen LogP contribution >= 0.6 is 11.6 Å². The fourth-order valence-corrected chi connectivity index (χ4v) is 4.48. The number of carbonyl (C=O) groups is 1. The van der Waals surface area contributed by atoms with Crippen molar-refractivity contribution in [2.24, 2.45) is 5.92 Å². The maximum Gasteiger partial charge on any atom is 0.252 e. The Morgan fingerprint density at radius 1 is 1.11 bits per heavy atom. The van der Waals surface area contributed by atoms with Gasteiger partial charge in [-0.15, -0.1) is 0 Å². The summed E-state index contributed by atoms with van der Waals surface area (Å²) in [6.07, 6.45) is 4.66. The Labute approximate surface area is 171 Å². The van der Waals surface area contributed by atoms with Gasteiger partial charge in [0, 0.05) is 22.0 Å². The third-order valence-corrected chi connectivity index (χ3v) is 6.12. The minimum Gasteiger partial charge on any atom is -0.349 e. The van der Waals surface area contributed by atoms with Crippen molar-refractivity contribution in [3.05, 3.63) is 64.7 Å². The molecule has 1 fully saturated rings. The smallest absolute Gasteiger partial charge is 0.252 e. The molecule has 0 radical (unpaired) electrons. The number of aromatic nitrogens is 1. The molecule has 1 aliphatic rings. The highest BCUT2D eigenvalue weighted by atomic mass is 35.5. The van der Waals surface area contributed by atoms with Gasteiger partial charge in [-0.25, -0.2) is 4.98 Å². The monoisotopic (exact) mass is 392 g/mol. The van der Waals surface area contributed by atoms with Gasteiger partial charge in [0.2, 0.25) is 0 Å². The molecule has 1 saturated carbocycles. The first-order valence-electron chi connectivity index (χ1n) is 10.0. The number of halogens is 1. The predicted octanol–water partition coefficient (Wildman–Crippen LogP) is 6.17. The van der Waals surface area contributed by atoms with E-state index in [0.29, 0.717) is 10.9 Å². The van der Waals surface area contributed by atoms with Crippen molar-refractivity contribution in [2.45, 2.75) is 45.6 Å². The first-order valence-corrected chi connectivity index (χ1v) is 10.4. The number of nitrogens with zero attached hydrogens (tertiary/aromatic N) is 1. The van der Waals surface area contributed by atoms with Crippen molar-refractivity contribution in [2.75, 3.05) is 0 Å². The minimum absolute atomic E-state index is 0.00173.